The number of nitrogens with zero attached hydrogens (tertiary/aromatic N) is 2. The fourth-order valence-electron chi connectivity index (χ4n) is 1.38. The van der Waals surface area contributed by atoms with Gasteiger partial charge in [0.25, 0.3) is 0 Å². The molecule has 0 aliphatic heterocycles. The summed E-state index contributed by atoms with van der Waals surface area (Å²) in [6.07, 6.45) is 3.02. The fraction of sp³-hybridized carbons (Fsp3) is 0.182. The molecule has 0 fully saturated rings. The van der Waals surface area contributed by atoms with E-state index >= 15 is 0 Å². The monoisotopic (exact) mass is 266 g/mol. The first-order chi connectivity index (χ1) is 7.25. The van der Waals surface area contributed by atoms with Gasteiger partial charge in [0.1, 0.15) is 0 Å². The normalized spacial score (nSPS) is 12.7. The highest BCUT2D eigenvalue weighted by Crippen LogP contribution is 2.17. The quantitative estimate of drug-likeness (QED) is 0.927. The molecular weight excluding hydrogens is 256 g/mol. The minimum Gasteiger partial charge on any atom is -0.386 e. The van der Waals surface area contributed by atoms with Crippen LogP contribution in [0.2, 0.25) is 0 Å². The van der Waals surface area contributed by atoms with Gasteiger partial charge in [0.2, 0.25) is 0 Å². The average Bonchev–Trinajstić information content (AvgIpc) is 2.71. The highest BCUT2D eigenvalue weighted by atomic mass is 79.9. The summed E-state index contributed by atoms with van der Waals surface area (Å²) in [6, 6.07) is 9.48. The minimum atomic E-state index is -0.516. The van der Waals surface area contributed by atoms with Gasteiger partial charge in [-0.1, -0.05) is 28.1 Å². The molecule has 1 N–H and O–H groups in total. The van der Waals surface area contributed by atoms with Crippen LogP contribution in [-0.4, -0.2) is 14.9 Å². The van der Waals surface area contributed by atoms with Gasteiger partial charge in [-0.25, -0.2) is 0 Å². The number of hydrogen-bond donors (Lipinski definition) is 1. The number of benzene rings is 1. The summed E-state index contributed by atoms with van der Waals surface area (Å²) in [5, 5.41) is 14.0. The first-order valence-electron chi connectivity index (χ1n) is 4.66. The lowest BCUT2D eigenvalue weighted by atomic mass is 10.1. The molecule has 15 heavy (non-hydrogen) atoms. The summed E-state index contributed by atoms with van der Waals surface area (Å²) in [5.74, 6) is 0. The van der Waals surface area contributed by atoms with Crippen molar-refractivity contribution in [3.8, 4) is 0 Å². The maximum atomic E-state index is 9.91. The summed E-state index contributed by atoms with van der Waals surface area (Å²) in [7, 11) is 0. The van der Waals surface area contributed by atoms with Gasteiger partial charge in [-0.2, -0.15) is 5.10 Å². The number of aromatic nitrogens is 2. The maximum Gasteiger partial charge on any atom is 0.0985 e. The summed E-state index contributed by atoms with van der Waals surface area (Å²) < 4.78 is 2.73. The largest absolute Gasteiger partial charge is 0.386 e. The van der Waals surface area contributed by atoms with Crippen molar-refractivity contribution in [3.63, 3.8) is 0 Å². The molecule has 3 nitrogen and oxygen atoms in total. The van der Waals surface area contributed by atoms with E-state index < -0.39 is 6.10 Å². The van der Waals surface area contributed by atoms with Gasteiger partial charge in [0.15, 0.2) is 0 Å². The van der Waals surface area contributed by atoms with E-state index in [1.807, 2.05) is 36.5 Å². The lowest BCUT2D eigenvalue weighted by Gasteiger charge is -2.10. The zero-order chi connectivity index (χ0) is 10.7. The Bertz CT molecular complexity index is 411. The van der Waals surface area contributed by atoms with Gasteiger partial charge < -0.3 is 5.11 Å². The van der Waals surface area contributed by atoms with Gasteiger partial charge in [0.05, 0.1) is 12.6 Å². The number of rotatable bonds is 3. The molecule has 2 rings (SSSR count). The van der Waals surface area contributed by atoms with E-state index in [-0.39, 0.29) is 0 Å². The lowest BCUT2D eigenvalue weighted by molar-refractivity contribution is 0.151. The Kier molecular flexibility index (Phi) is 3.18. The zero-order valence-corrected chi connectivity index (χ0v) is 9.63. The summed E-state index contributed by atoms with van der Waals surface area (Å²) >= 11 is 3.36. The number of aliphatic hydroxyl groups is 1. The molecule has 0 bridgehead atoms. The van der Waals surface area contributed by atoms with Crippen LogP contribution >= 0.6 is 15.9 Å². The molecule has 0 amide bonds. The average molecular weight is 267 g/mol. The van der Waals surface area contributed by atoms with Crippen LogP contribution in [0.5, 0.6) is 0 Å². The van der Waals surface area contributed by atoms with Gasteiger partial charge >= 0.3 is 0 Å². The third kappa shape index (κ3) is 2.67. The Morgan fingerprint density at radius 3 is 2.67 bits per heavy atom. The predicted molar refractivity (Wildman–Crippen MR) is 61.3 cm³/mol. The molecule has 1 aromatic heterocycles. The van der Waals surface area contributed by atoms with Crippen LogP contribution in [0.1, 0.15) is 11.7 Å². The molecule has 0 aliphatic rings. The van der Waals surface area contributed by atoms with Crippen LogP contribution in [0.4, 0.5) is 0 Å². The van der Waals surface area contributed by atoms with Crippen LogP contribution < -0.4 is 0 Å². The Morgan fingerprint density at radius 1 is 1.33 bits per heavy atom. The molecule has 0 saturated heterocycles. The Labute approximate surface area is 96.5 Å². The molecule has 78 valence electrons. The molecule has 1 aromatic carbocycles. The molecule has 2 aromatic rings. The van der Waals surface area contributed by atoms with Crippen molar-refractivity contribution < 1.29 is 5.11 Å². The predicted octanol–water partition coefficient (Wildman–Crippen LogP) is 2.38. The second-order valence-electron chi connectivity index (χ2n) is 3.30. The second-order valence-corrected chi connectivity index (χ2v) is 4.21. The third-order valence-electron chi connectivity index (χ3n) is 2.17. The lowest BCUT2D eigenvalue weighted by Crippen LogP contribution is -2.08. The van der Waals surface area contributed by atoms with E-state index in [1.165, 1.54) is 0 Å². The topological polar surface area (TPSA) is 38.0 Å². The molecule has 0 spiro atoms. The molecule has 1 unspecified atom stereocenters. The zero-order valence-electron chi connectivity index (χ0n) is 8.05. The molecule has 1 atom stereocenters. The highest BCUT2D eigenvalue weighted by Gasteiger charge is 2.07. The first-order valence-corrected chi connectivity index (χ1v) is 5.46. The van der Waals surface area contributed by atoms with Crippen LogP contribution in [0.15, 0.2) is 47.2 Å². The number of halogens is 1. The number of aliphatic hydroxyl groups excluding tert-OH is 1. The van der Waals surface area contributed by atoms with Crippen molar-refractivity contribution in [2.24, 2.45) is 0 Å². The van der Waals surface area contributed by atoms with Crippen molar-refractivity contribution in [2.75, 3.05) is 0 Å². The van der Waals surface area contributed by atoms with Crippen LogP contribution in [-0.2, 0) is 6.54 Å². The SMILES string of the molecule is OC(Cn1cccn1)c1ccc(Br)cc1. The molecule has 0 saturated carbocycles. The Morgan fingerprint density at radius 2 is 2.07 bits per heavy atom. The molecule has 4 heteroatoms. The summed E-state index contributed by atoms with van der Waals surface area (Å²) in [4.78, 5) is 0. The minimum absolute atomic E-state index is 0.481. The highest BCUT2D eigenvalue weighted by molar-refractivity contribution is 9.10. The van der Waals surface area contributed by atoms with Crippen LogP contribution in [0.3, 0.4) is 0 Å². The summed E-state index contributed by atoms with van der Waals surface area (Å²) in [5.41, 5.74) is 0.897. The van der Waals surface area contributed by atoms with E-state index in [1.54, 1.807) is 10.9 Å². The Hall–Kier alpha value is -1.13. The molecule has 0 radical (unpaired) electrons. The fourth-order valence-corrected chi connectivity index (χ4v) is 1.64. The number of hydrogen-bond acceptors (Lipinski definition) is 2. The molecule has 1 heterocycles. The first kappa shape index (κ1) is 10.4. The third-order valence-corrected chi connectivity index (χ3v) is 2.70. The van der Waals surface area contributed by atoms with E-state index in [0.717, 1.165) is 10.0 Å². The van der Waals surface area contributed by atoms with Crippen LogP contribution in [0, 0.1) is 0 Å². The van der Waals surface area contributed by atoms with Gasteiger partial charge in [-0.05, 0) is 23.8 Å². The van der Waals surface area contributed by atoms with Crippen molar-refractivity contribution in [1.29, 1.82) is 0 Å². The van der Waals surface area contributed by atoms with E-state index in [9.17, 15) is 5.11 Å². The van der Waals surface area contributed by atoms with Crippen molar-refractivity contribution >= 4 is 15.9 Å². The summed E-state index contributed by atoms with van der Waals surface area (Å²) in [6.45, 7) is 0.481. The van der Waals surface area contributed by atoms with Crippen LogP contribution in [0.25, 0.3) is 0 Å². The van der Waals surface area contributed by atoms with Gasteiger partial charge in [-0.3, -0.25) is 4.68 Å². The van der Waals surface area contributed by atoms with E-state index in [2.05, 4.69) is 21.0 Å². The van der Waals surface area contributed by atoms with Crippen molar-refractivity contribution in [1.82, 2.24) is 9.78 Å². The van der Waals surface area contributed by atoms with Gasteiger partial charge in [0, 0.05) is 16.9 Å². The van der Waals surface area contributed by atoms with E-state index in [4.69, 9.17) is 0 Å². The molecular formula is C11H11BrN2O. The maximum absolute atomic E-state index is 9.91. The van der Waals surface area contributed by atoms with E-state index in [0.29, 0.717) is 6.54 Å². The second kappa shape index (κ2) is 4.59. The molecule has 0 aliphatic carbocycles. The smallest absolute Gasteiger partial charge is 0.0985 e. The van der Waals surface area contributed by atoms with Gasteiger partial charge in [-0.15, -0.1) is 0 Å². The van der Waals surface area contributed by atoms with Crippen molar-refractivity contribution in [3.05, 3.63) is 52.8 Å². The standard InChI is InChI=1S/C11H11BrN2O/c12-10-4-2-9(3-5-10)11(15)8-14-7-1-6-13-14/h1-7,11,15H,8H2. The van der Waals surface area contributed by atoms with Crippen molar-refractivity contribution in [2.45, 2.75) is 12.6 Å². The Balaban J connectivity index is 2.08.